The van der Waals surface area contributed by atoms with E-state index in [1.807, 2.05) is 16.7 Å². The van der Waals surface area contributed by atoms with Crippen molar-refractivity contribution >= 4 is 18.1 Å². The van der Waals surface area contributed by atoms with Crippen LogP contribution in [0, 0.1) is 0 Å². The fourth-order valence-corrected chi connectivity index (χ4v) is 2.39. The zero-order valence-corrected chi connectivity index (χ0v) is 14.8. The summed E-state index contributed by atoms with van der Waals surface area (Å²) in [7, 11) is 0. The van der Waals surface area contributed by atoms with Gasteiger partial charge in [-0.25, -0.2) is 4.98 Å². The first kappa shape index (κ1) is 17.7. The van der Waals surface area contributed by atoms with Gasteiger partial charge in [-0.1, -0.05) is 24.3 Å². The Labute approximate surface area is 155 Å². The molecule has 2 N–H and O–H groups in total. The summed E-state index contributed by atoms with van der Waals surface area (Å²) in [5, 5.41) is 23.5. The average Bonchev–Trinajstić information content (AvgIpc) is 2.78. The minimum absolute atomic E-state index is 0. The standard InChI is InChI=1S/C15H16N4O3.Na/c20-12-6-16-8-17-15-14(12)18-9-19(15)7-11-3-1-10(2-4-11)5-13(21)22;/h1-4,8-9,12,20H,5-7H2,(H,16,17)(H,21,22);/q;+1/p-1. The van der Waals surface area contributed by atoms with Crippen LogP contribution in [0.1, 0.15) is 22.9 Å². The van der Waals surface area contributed by atoms with Crippen molar-refractivity contribution in [2.45, 2.75) is 19.1 Å². The van der Waals surface area contributed by atoms with E-state index in [9.17, 15) is 15.0 Å². The maximum atomic E-state index is 10.6. The van der Waals surface area contributed by atoms with E-state index in [2.05, 4.69) is 15.3 Å². The number of nitrogens with zero attached hydrogens (tertiary/aromatic N) is 3. The molecule has 114 valence electrons. The zero-order valence-electron chi connectivity index (χ0n) is 12.8. The molecule has 0 saturated heterocycles. The number of aliphatic hydroxyl groups is 1. The fraction of sp³-hybridized carbons (Fsp3) is 0.267. The summed E-state index contributed by atoms with van der Waals surface area (Å²) in [4.78, 5) is 18.8. The van der Waals surface area contributed by atoms with Gasteiger partial charge in [0.15, 0.2) is 0 Å². The van der Waals surface area contributed by atoms with Gasteiger partial charge in [0.2, 0.25) is 0 Å². The van der Waals surface area contributed by atoms with Gasteiger partial charge in [0.05, 0.1) is 25.8 Å². The summed E-state index contributed by atoms with van der Waals surface area (Å²) in [5.74, 6) is -0.377. The van der Waals surface area contributed by atoms with Gasteiger partial charge in [-0.2, -0.15) is 0 Å². The van der Waals surface area contributed by atoms with Crippen LogP contribution in [0.2, 0.25) is 0 Å². The predicted molar refractivity (Wildman–Crippen MR) is 78.4 cm³/mol. The van der Waals surface area contributed by atoms with Crippen LogP contribution in [0.3, 0.4) is 0 Å². The van der Waals surface area contributed by atoms with Crippen LogP contribution in [-0.4, -0.2) is 33.5 Å². The Bertz CT molecular complexity index is 712. The Kier molecular flexibility index (Phi) is 5.95. The van der Waals surface area contributed by atoms with Crippen molar-refractivity contribution in [1.82, 2.24) is 9.55 Å². The molecular weight excluding hydrogens is 307 g/mol. The number of benzene rings is 1. The van der Waals surface area contributed by atoms with Crippen LogP contribution in [0.15, 0.2) is 35.6 Å². The number of hydrogen-bond donors (Lipinski definition) is 2. The van der Waals surface area contributed by atoms with Crippen LogP contribution in [0.25, 0.3) is 0 Å². The number of aliphatic carboxylic acids is 1. The Hall–Kier alpha value is -1.67. The smallest absolute Gasteiger partial charge is 0.550 e. The van der Waals surface area contributed by atoms with Gasteiger partial charge in [0.1, 0.15) is 17.6 Å². The normalized spacial score (nSPS) is 16.0. The van der Waals surface area contributed by atoms with Crippen molar-refractivity contribution in [2.24, 2.45) is 4.99 Å². The number of anilines is 1. The third-order valence-electron chi connectivity index (χ3n) is 3.48. The SMILES string of the molecule is O=C([O-])Cc1ccc(Cn2cnc3c2NC=NCC3O)cc1.[Na+]. The van der Waals surface area contributed by atoms with Gasteiger partial charge in [0.25, 0.3) is 0 Å². The van der Waals surface area contributed by atoms with Gasteiger partial charge in [-0.15, -0.1) is 0 Å². The molecule has 1 aliphatic rings. The molecule has 23 heavy (non-hydrogen) atoms. The van der Waals surface area contributed by atoms with Gasteiger partial charge >= 0.3 is 29.6 Å². The number of nitrogens with one attached hydrogen (secondary N) is 1. The second-order valence-corrected chi connectivity index (χ2v) is 5.13. The van der Waals surface area contributed by atoms with Crippen LogP contribution >= 0.6 is 0 Å². The maximum absolute atomic E-state index is 10.6. The van der Waals surface area contributed by atoms with E-state index in [-0.39, 0.29) is 42.5 Å². The van der Waals surface area contributed by atoms with Crippen LogP contribution in [0.4, 0.5) is 5.82 Å². The molecule has 0 spiro atoms. The molecule has 0 fully saturated rings. The van der Waals surface area contributed by atoms with Crippen LogP contribution in [-0.2, 0) is 17.8 Å². The van der Waals surface area contributed by atoms with Crippen LogP contribution in [0.5, 0.6) is 0 Å². The van der Waals surface area contributed by atoms with Gasteiger partial charge in [-0.3, -0.25) is 4.99 Å². The quantitative estimate of drug-likeness (QED) is 0.575. The van der Waals surface area contributed by atoms with E-state index < -0.39 is 12.1 Å². The Morgan fingerprint density at radius 3 is 2.74 bits per heavy atom. The fourth-order valence-electron chi connectivity index (χ4n) is 2.39. The van der Waals surface area contributed by atoms with Crippen molar-refractivity contribution < 1.29 is 44.6 Å². The number of carbonyl (C=O) groups is 1. The minimum atomic E-state index is -1.09. The molecule has 2 aromatic rings. The minimum Gasteiger partial charge on any atom is -0.550 e. The number of carbonyl (C=O) groups excluding carboxylic acids is 1. The number of imidazole rings is 1. The molecule has 1 aromatic heterocycles. The third-order valence-corrected chi connectivity index (χ3v) is 3.48. The first-order valence-corrected chi connectivity index (χ1v) is 6.89. The molecular formula is C15H15N4NaO3. The van der Waals surface area contributed by atoms with Crippen molar-refractivity contribution in [3.05, 3.63) is 47.4 Å². The molecule has 0 bridgehead atoms. The number of aliphatic hydroxyl groups excluding tert-OH is 1. The Morgan fingerprint density at radius 1 is 1.35 bits per heavy atom. The van der Waals surface area contributed by atoms with Gasteiger partial charge in [-0.05, 0) is 11.1 Å². The largest absolute Gasteiger partial charge is 1.00 e. The number of aromatic nitrogens is 2. The predicted octanol–water partition coefficient (Wildman–Crippen LogP) is -3.28. The molecule has 3 rings (SSSR count). The number of rotatable bonds is 4. The van der Waals surface area contributed by atoms with Crippen molar-refractivity contribution in [3.63, 3.8) is 0 Å². The second-order valence-electron chi connectivity index (χ2n) is 5.13. The summed E-state index contributed by atoms with van der Waals surface area (Å²) >= 11 is 0. The second kappa shape index (κ2) is 7.74. The molecule has 1 atom stereocenters. The molecule has 0 radical (unpaired) electrons. The van der Waals surface area contributed by atoms with Gasteiger partial charge in [0, 0.05) is 12.4 Å². The Morgan fingerprint density at radius 2 is 2.04 bits per heavy atom. The summed E-state index contributed by atoms with van der Waals surface area (Å²) in [6.45, 7) is 0.844. The van der Waals surface area contributed by atoms with Crippen molar-refractivity contribution in [3.8, 4) is 0 Å². The van der Waals surface area contributed by atoms with E-state index in [0.29, 0.717) is 23.6 Å². The van der Waals surface area contributed by atoms with E-state index >= 15 is 0 Å². The molecule has 1 aromatic carbocycles. The number of fused-ring (bicyclic) bond motifs is 1. The first-order chi connectivity index (χ1) is 10.6. The van der Waals surface area contributed by atoms with E-state index in [1.165, 1.54) is 0 Å². The van der Waals surface area contributed by atoms with E-state index in [4.69, 9.17) is 0 Å². The topological polar surface area (TPSA) is 103 Å². The third kappa shape index (κ3) is 4.20. The molecule has 0 amide bonds. The molecule has 0 aliphatic carbocycles. The van der Waals surface area contributed by atoms with E-state index in [1.54, 1.807) is 24.8 Å². The average molecular weight is 322 g/mol. The number of aliphatic imine (C=N–C) groups is 1. The summed E-state index contributed by atoms with van der Waals surface area (Å²) in [6.07, 6.45) is 2.41. The Balaban J connectivity index is 0.00000192. The summed E-state index contributed by atoms with van der Waals surface area (Å²) < 4.78 is 1.88. The zero-order chi connectivity index (χ0) is 15.5. The van der Waals surface area contributed by atoms with Crippen molar-refractivity contribution in [2.75, 3.05) is 11.9 Å². The molecule has 1 unspecified atom stereocenters. The monoisotopic (exact) mass is 322 g/mol. The maximum Gasteiger partial charge on any atom is 1.00 e. The van der Waals surface area contributed by atoms with Crippen molar-refractivity contribution in [1.29, 1.82) is 0 Å². The van der Waals surface area contributed by atoms with E-state index in [0.717, 1.165) is 5.56 Å². The molecule has 8 heteroatoms. The molecule has 0 saturated carbocycles. The molecule has 2 heterocycles. The summed E-state index contributed by atoms with van der Waals surface area (Å²) in [5.41, 5.74) is 2.28. The number of carboxylic acid groups (broad SMARTS) is 1. The molecule has 7 nitrogen and oxygen atoms in total. The number of hydrogen-bond acceptors (Lipinski definition) is 6. The summed E-state index contributed by atoms with van der Waals surface area (Å²) in [6, 6.07) is 7.27. The van der Waals surface area contributed by atoms with Crippen LogP contribution < -0.4 is 40.0 Å². The number of carboxylic acids is 1. The molecule has 1 aliphatic heterocycles. The first-order valence-electron chi connectivity index (χ1n) is 6.89. The van der Waals surface area contributed by atoms with Gasteiger partial charge < -0.3 is 24.9 Å².